The van der Waals surface area contributed by atoms with E-state index >= 15 is 0 Å². The minimum Gasteiger partial charge on any atom is -0.457 e. The summed E-state index contributed by atoms with van der Waals surface area (Å²) in [6.45, 7) is 3.99. The molecule has 0 radical (unpaired) electrons. The van der Waals surface area contributed by atoms with Crippen LogP contribution in [0.25, 0.3) is 10.9 Å². The zero-order valence-electron chi connectivity index (χ0n) is 19.1. The van der Waals surface area contributed by atoms with Crippen molar-refractivity contribution in [2.45, 2.75) is 0 Å². The molecule has 1 aromatic heterocycles. The van der Waals surface area contributed by atoms with E-state index in [2.05, 4.69) is 38.5 Å². The Balaban J connectivity index is 1.26. The van der Waals surface area contributed by atoms with Crippen LogP contribution >= 0.6 is 0 Å². The normalized spacial score (nSPS) is 14.1. The van der Waals surface area contributed by atoms with Crippen molar-refractivity contribution in [1.82, 2.24) is 9.88 Å². The van der Waals surface area contributed by atoms with Crippen molar-refractivity contribution >= 4 is 34.0 Å². The Morgan fingerprint density at radius 1 is 0.824 bits per heavy atom. The first-order valence-corrected chi connectivity index (χ1v) is 11.4. The van der Waals surface area contributed by atoms with Gasteiger partial charge in [0, 0.05) is 54.8 Å². The van der Waals surface area contributed by atoms with Crippen LogP contribution in [0.5, 0.6) is 11.5 Å². The van der Waals surface area contributed by atoms with Gasteiger partial charge in [-0.05, 0) is 67.7 Å². The van der Waals surface area contributed by atoms with Crippen LogP contribution in [0.3, 0.4) is 0 Å². The number of ether oxygens (including phenoxy) is 1. The maximum Gasteiger partial charge on any atom is 0.323 e. The highest BCUT2D eigenvalue weighted by atomic mass is 16.5. The van der Waals surface area contributed by atoms with Gasteiger partial charge in [-0.2, -0.15) is 0 Å². The maximum atomic E-state index is 12.6. The fourth-order valence-corrected chi connectivity index (χ4v) is 4.06. The van der Waals surface area contributed by atoms with Gasteiger partial charge in [-0.1, -0.05) is 18.2 Å². The molecule has 7 heteroatoms. The molecule has 1 aliphatic rings. The first-order chi connectivity index (χ1) is 16.6. The minimum atomic E-state index is -0.305. The third-order valence-corrected chi connectivity index (χ3v) is 5.91. The molecule has 3 aromatic carbocycles. The van der Waals surface area contributed by atoms with Gasteiger partial charge in [-0.15, -0.1) is 0 Å². The quantitative estimate of drug-likeness (QED) is 0.422. The van der Waals surface area contributed by atoms with Gasteiger partial charge in [0.1, 0.15) is 11.5 Å². The fraction of sp³-hybridized carbons (Fsp3) is 0.185. The Morgan fingerprint density at radius 2 is 1.50 bits per heavy atom. The van der Waals surface area contributed by atoms with Crippen molar-refractivity contribution in [1.29, 1.82) is 0 Å². The summed E-state index contributed by atoms with van der Waals surface area (Å²) in [6, 6.07) is 24.4. The molecule has 5 rings (SSSR count). The summed E-state index contributed by atoms with van der Waals surface area (Å²) in [5.74, 6) is 1.47. The number of anilines is 3. The molecular formula is C27H27N5O2. The average molecular weight is 454 g/mol. The molecule has 2 amide bonds. The van der Waals surface area contributed by atoms with Gasteiger partial charge >= 0.3 is 6.03 Å². The Bertz CT molecular complexity index is 1270. The number of urea groups is 1. The number of carbonyl (C=O) groups excluding carboxylic acids is 1. The molecule has 0 spiro atoms. The second kappa shape index (κ2) is 9.80. The van der Waals surface area contributed by atoms with E-state index in [-0.39, 0.29) is 6.03 Å². The van der Waals surface area contributed by atoms with Crippen molar-refractivity contribution in [2.24, 2.45) is 0 Å². The number of pyridine rings is 1. The topological polar surface area (TPSA) is 69.7 Å². The smallest absolute Gasteiger partial charge is 0.323 e. The van der Waals surface area contributed by atoms with Gasteiger partial charge in [0.15, 0.2) is 0 Å². The van der Waals surface area contributed by atoms with Crippen LogP contribution in [0, 0.1) is 0 Å². The van der Waals surface area contributed by atoms with Gasteiger partial charge in [-0.3, -0.25) is 4.98 Å². The number of nitrogens with zero attached hydrogens (tertiary/aromatic N) is 3. The number of amides is 2. The van der Waals surface area contributed by atoms with Crippen LogP contribution < -0.4 is 20.3 Å². The predicted octanol–water partition coefficient (Wildman–Crippen LogP) is 5.42. The molecule has 0 aliphatic carbocycles. The number of carbonyl (C=O) groups is 1. The summed E-state index contributed by atoms with van der Waals surface area (Å²) in [4.78, 5) is 21.8. The molecule has 34 heavy (non-hydrogen) atoms. The van der Waals surface area contributed by atoms with Crippen LogP contribution in [0.2, 0.25) is 0 Å². The van der Waals surface area contributed by atoms with Gasteiger partial charge in [0.25, 0.3) is 0 Å². The number of benzene rings is 3. The third kappa shape index (κ3) is 5.10. The number of hydrogen-bond donors (Lipinski definition) is 2. The molecule has 0 saturated carbocycles. The Labute approximate surface area is 199 Å². The van der Waals surface area contributed by atoms with Crippen LogP contribution in [-0.2, 0) is 0 Å². The lowest BCUT2D eigenvalue weighted by atomic mass is 10.1. The van der Waals surface area contributed by atoms with E-state index in [4.69, 9.17) is 4.74 Å². The molecule has 0 atom stereocenters. The number of rotatable bonds is 5. The highest BCUT2D eigenvalue weighted by Gasteiger charge is 2.17. The van der Waals surface area contributed by atoms with E-state index in [9.17, 15) is 4.79 Å². The van der Waals surface area contributed by atoms with Crippen LogP contribution in [0.4, 0.5) is 21.9 Å². The SMILES string of the molecule is CN1CCN(c2ccnc3ccc(NC(=O)Nc4ccc(Oc5ccccc5)cc4)cc23)CC1. The highest BCUT2D eigenvalue weighted by Crippen LogP contribution is 2.29. The lowest BCUT2D eigenvalue weighted by molar-refractivity contribution is 0.262. The summed E-state index contributed by atoms with van der Waals surface area (Å²) in [7, 11) is 2.15. The van der Waals surface area contributed by atoms with Crippen molar-refractivity contribution in [2.75, 3.05) is 48.8 Å². The lowest BCUT2D eigenvalue weighted by Gasteiger charge is -2.34. The van der Waals surface area contributed by atoms with E-state index in [0.717, 1.165) is 54.2 Å². The predicted molar refractivity (Wildman–Crippen MR) is 137 cm³/mol. The molecule has 0 unspecified atom stereocenters. The number of hydrogen-bond acceptors (Lipinski definition) is 5. The second-order valence-electron chi connectivity index (χ2n) is 8.37. The Morgan fingerprint density at radius 3 is 2.26 bits per heavy atom. The van der Waals surface area contributed by atoms with Crippen molar-refractivity contribution in [3.63, 3.8) is 0 Å². The van der Waals surface area contributed by atoms with Crippen LogP contribution in [-0.4, -0.2) is 49.1 Å². The first-order valence-electron chi connectivity index (χ1n) is 11.4. The number of fused-ring (bicyclic) bond motifs is 1. The zero-order chi connectivity index (χ0) is 23.3. The van der Waals surface area contributed by atoms with Gasteiger partial charge in [-0.25, -0.2) is 4.79 Å². The van der Waals surface area contributed by atoms with Crippen LogP contribution in [0.15, 0.2) is 85.1 Å². The number of para-hydroxylation sites is 1. The molecule has 2 N–H and O–H groups in total. The summed E-state index contributed by atoms with van der Waals surface area (Å²) in [5.41, 5.74) is 3.46. The second-order valence-corrected chi connectivity index (χ2v) is 8.37. The van der Waals surface area contributed by atoms with Gasteiger partial charge < -0.3 is 25.2 Å². The van der Waals surface area contributed by atoms with Crippen molar-refractivity contribution in [3.8, 4) is 11.5 Å². The maximum absolute atomic E-state index is 12.6. The Kier molecular flexibility index (Phi) is 6.27. The molecule has 0 bridgehead atoms. The van der Waals surface area contributed by atoms with Crippen molar-refractivity contribution < 1.29 is 9.53 Å². The van der Waals surface area contributed by atoms with E-state index < -0.39 is 0 Å². The number of aromatic nitrogens is 1. The highest BCUT2D eigenvalue weighted by molar-refractivity contribution is 6.02. The minimum absolute atomic E-state index is 0.305. The molecule has 1 fully saturated rings. The molecular weight excluding hydrogens is 426 g/mol. The number of nitrogens with one attached hydrogen (secondary N) is 2. The fourth-order valence-electron chi connectivity index (χ4n) is 4.06. The summed E-state index contributed by atoms with van der Waals surface area (Å²) >= 11 is 0. The molecule has 2 heterocycles. The molecule has 1 saturated heterocycles. The molecule has 4 aromatic rings. The van der Waals surface area contributed by atoms with E-state index in [0.29, 0.717) is 11.4 Å². The molecule has 7 nitrogen and oxygen atoms in total. The lowest BCUT2D eigenvalue weighted by Crippen LogP contribution is -2.44. The average Bonchev–Trinajstić information content (AvgIpc) is 2.86. The summed E-state index contributed by atoms with van der Waals surface area (Å²) in [5, 5.41) is 6.85. The number of likely N-dealkylation sites (N-methyl/N-ethyl adjacent to an activating group) is 1. The summed E-state index contributed by atoms with van der Waals surface area (Å²) in [6.07, 6.45) is 1.85. The zero-order valence-corrected chi connectivity index (χ0v) is 19.1. The monoisotopic (exact) mass is 453 g/mol. The van der Waals surface area contributed by atoms with Crippen LogP contribution in [0.1, 0.15) is 0 Å². The Hall–Kier alpha value is -4.10. The van der Waals surface area contributed by atoms with Crippen molar-refractivity contribution in [3.05, 3.63) is 85.1 Å². The van der Waals surface area contributed by atoms with Gasteiger partial charge in [0.05, 0.1) is 5.52 Å². The largest absolute Gasteiger partial charge is 0.457 e. The van der Waals surface area contributed by atoms with E-state index in [1.807, 2.05) is 79.0 Å². The number of piperazine rings is 1. The van der Waals surface area contributed by atoms with Gasteiger partial charge in [0.2, 0.25) is 0 Å². The third-order valence-electron chi connectivity index (χ3n) is 5.91. The molecule has 172 valence electrons. The first kappa shape index (κ1) is 21.7. The standard InChI is InChI=1S/C27H27N5O2/c1-31-15-17-32(18-16-31)26-13-14-28-25-12-9-21(19-24(25)26)30-27(33)29-20-7-10-23(11-8-20)34-22-5-3-2-4-6-22/h2-14,19H,15-18H2,1H3,(H2,29,30,33). The molecule has 1 aliphatic heterocycles. The summed E-state index contributed by atoms with van der Waals surface area (Å²) < 4.78 is 5.80. The van der Waals surface area contributed by atoms with E-state index in [1.54, 1.807) is 0 Å². The van der Waals surface area contributed by atoms with E-state index in [1.165, 1.54) is 0 Å².